The predicted molar refractivity (Wildman–Crippen MR) is 135 cm³/mol. The zero-order valence-corrected chi connectivity index (χ0v) is 20.8. The fraction of sp³-hybridized carbons (Fsp3) is 0.333. The van der Waals surface area contributed by atoms with Gasteiger partial charge in [-0.3, -0.25) is 4.79 Å². The van der Waals surface area contributed by atoms with Gasteiger partial charge in [-0.05, 0) is 56.9 Å². The zero-order chi connectivity index (χ0) is 24.7. The highest BCUT2D eigenvalue weighted by Gasteiger charge is 2.39. The number of anilines is 1. The number of methoxy groups -OCH3 is 1. The highest BCUT2D eigenvalue weighted by atomic mass is 16.5. The molecule has 3 heterocycles. The van der Waals surface area contributed by atoms with Crippen molar-refractivity contribution in [1.82, 2.24) is 24.5 Å². The highest BCUT2D eigenvalue weighted by molar-refractivity contribution is 5.96. The van der Waals surface area contributed by atoms with Crippen LogP contribution < -0.4 is 9.64 Å². The lowest BCUT2D eigenvalue weighted by molar-refractivity contribution is -0.120. The van der Waals surface area contributed by atoms with Crippen LogP contribution >= 0.6 is 0 Å². The molecule has 0 spiro atoms. The molecule has 0 N–H and O–H groups in total. The second-order valence-corrected chi connectivity index (χ2v) is 9.82. The average molecular weight is 471 g/mol. The van der Waals surface area contributed by atoms with E-state index in [0.717, 1.165) is 29.1 Å². The van der Waals surface area contributed by atoms with Gasteiger partial charge < -0.3 is 14.2 Å². The van der Waals surface area contributed by atoms with Crippen LogP contribution in [0.15, 0.2) is 61.2 Å². The van der Waals surface area contributed by atoms with Gasteiger partial charge in [-0.2, -0.15) is 0 Å². The maximum atomic E-state index is 13.5. The van der Waals surface area contributed by atoms with Gasteiger partial charge in [-0.25, -0.2) is 9.67 Å². The Kier molecular flexibility index (Phi) is 5.67. The van der Waals surface area contributed by atoms with Gasteiger partial charge in [0.2, 0.25) is 5.91 Å². The van der Waals surface area contributed by atoms with E-state index in [4.69, 9.17) is 4.74 Å². The fourth-order valence-corrected chi connectivity index (χ4v) is 5.18. The van der Waals surface area contributed by atoms with Crippen molar-refractivity contribution in [3.05, 3.63) is 72.4 Å². The number of imidazole rings is 1. The van der Waals surface area contributed by atoms with E-state index in [1.807, 2.05) is 59.0 Å². The number of hydrogen-bond donors (Lipinski definition) is 0. The van der Waals surface area contributed by atoms with Crippen molar-refractivity contribution in [2.75, 3.05) is 12.0 Å². The van der Waals surface area contributed by atoms with Crippen LogP contribution in [0.25, 0.3) is 16.9 Å². The molecule has 0 radical (unpaired) electrons. The van der Waals surface area contributed by atoms with Crippen molar-refractivity contribution in [3.63, 3.8) is 0 Å². The van der Waals surface area contributed by atoms with Crippen molar-refractivity contribution in [1.29, 1.82) is 0 Å². The van der Waals surface area contributed by atoms with E-state index in [0.29, 0.717) is 17.4 Å². The normalized spacial score (nSPS) is 16.7. The van der Waals surface area contributed by atoms with Crippen LogP contribution in [0, 0.1) is 6.92 Å². The number of carbonyl (C=O) groups excluding carboxylic acids is 1. The first kappa shape index (κ1) is 22.8. The van der Waals surface area contributed by atoms with Gasteiger partial charge in [-0.1, -0.05) is 36.4 Å². The number of nitrogens with zero attached hydrogens (tertiary/aromatic N) is 6. The third kappa shape index (κ3) is 4.20. The van der Waals surface area contributed by atoms with Crippen molar-refractivity contribution < 1.29 is 9.53 Å². The average Bonchev–Trinajstić information content (AvgIpc) is 3.47. The Hall–Kier alpha value is -3.94. The Bertz CT molecular complexity index is 1390. The summed E-state index contributed by atoms with van der Waals surface area (Å²) in [4.78, 5) is 19.7. The van der Waals surface area contributed by atoms with E-state index in [-0.39, 0.29) is 18.0 Å². The number of para-hydroxylation sites is 1. The number of amides is 1. The second kappa shape index (κ2) is 8.69. The summed E-state index contributed by atoms with van der Waals surface area (Å²) >= 11 is 0. The molecule has 0 aliphatic carbocycles. The minimum atomic E-state index is -0.289. The van der Waals surface area contributed by atoms with E-state index < -0.39 is 0 Å². The SMILES string of the molecule is COc1cc(-c2cn(CC(=O)N3c4ccccc4C(C)CC3(C)C)nn2)ccc1-n1cnc(C)c1. The van der Waals surface area contributed by atoms with Crippen LogP contribution in [0.3, 0.4) is 0 Å². The standard InChI is InChI=1S/C27H30N6O2/c1-18-13-27(3,4)33(23-9-7-6-8-21(18)23)26(34)16-32-15-22(29-30-32)20-10-11-24(25(12-20)35-5)31-14-19(2)28-17-31/h6-12,14-15,17-18H,13,16H2,1-5H3. The Balaban J connectivity index is 1.40. The summed E-state index contributed by atoms with van der Waals surface area (Å²) in [6.07, 6.45) is 6.41. The van der Waals surface area contributed by atoms with Crippen LogP contribution in [-0.4, -0.2) is 43.1 Å². The van der Waals surface area contributed by atoms with E-state index in [2.05, 4.69) is 42.1 Å². The summed E-state index contributed by atoms with van der Waals surface area (Å²) in [5, 5.41) is 8.58. The van der Waals surface area contributed by atoms with Crippen molar-refractivity contribution in [2.45, 2.75) is 52.1 Å². The fourth-order valence-electron chi connectivity index (χ4n) is 5.18. The van der Waals surface area contributed by atoms with Crippen LogP contribution in [0.2, 0.25) is 0 Å². The third-order valence-corrected chi connectivity index (χ3v) is 6.67. The van der Waals surface area contributed by atoms with E-state index in [1.165, 1.54) is 5.56 Å². The monoisotopic (exact) mass is 470 g/mol. The van der Waals surface area contributed by atoms with Gasteiger partial charge in [0.15, 0.2) is 0 Å². The molecule has 4 aromatic rings. The first-order valence-electron chi connectivity index (χ1n) is 11.8. The number of benzene rings is 2. The molecule has 1 aliphatic rings. The first-order chi connectivity index (χ1) is 16.8. The van der Waals surface area contributed by atoms with Crippen LogP contribution in [0.5, 0.6) is 5.75 Å². The summed E-state index contributed by atoms with van der Waals surface area (Å²) < 4.78 is 9.15. The third-order valence-electron chi connectivity index (χ3n) is 6.67. The lowest BCUT2D eigenvalue weighted by Gasteiger charge is -2.46. The lowest BCUT2D eigenvalue weighted by atomic mass is 9.80. The quantitative estimate of drug-likeness (QED) is 0.420. The van der Waals surface area contributed by atoms with Crippen molar-refractivity contribution in [3.8, 4) is 22.7 Å². The van der Waals surface area contributed by atoms with E-state index in [1.54, 1.807) is 24.3 Å². The topological polar surface area (TPSA) is 78.1 Å². The molecule has 0 saturated carbocycles. The van der Waals surface area contributed by atoms with Gasteiger partial charge >= 0.3 is 0 Å². The number of ether oxygens (including phenoxy) is 1. The van der Waals surface area contributed by atoms with E-state index >= 15 is 0 Å². The second-order valence-electron chi connectivity index (χ2n) is 9.82. The molecule has 5 rings (SSSR count). The summed E-state index contributed by atoms with van der Waals surface area (Å²) in [6, 6.07) is 14.0. The number of rotatable bonds is 5. The highest BCUT2D eigenvalue weighted by Crippen LogP contribution is 2.43. The molecular formula is C27H30N6O2. The molecule has 0 saturated heterocycles. The van der Waals surface area contributed by atoms with Gasteiger partial charge in [0.25, 0.3) is 0 Å². The molecule has 2 aromatic heterocycles. The summed E-state index contributed by atoms with van der Waals surface area (Å²) in [5.41, 5.74) is 5.26. The van der Waals surface area contributed by atoms with Gasteiger partial charge in [0.05, 0.1) is 31.0 Å². The zero-order valence-electron chi connectivity index (χ0n) is 20.8. The number of carbonyl (C=O) groups is 1. The summed E-state index contributed by atoms with van der Waals surface area (Å²) in [7, 11) is 1.64. The molecular weight excluding hydrogens is 440 g/mol. The number of hydrogen-bond acceptors (Lipinski definition) is 5. The number of fused-ring (bicyclic) bond motifs is 1. The lowest BCUT2D eigenvalue weighted by Crippen LogP contribution is -2.52. The molecule has 8 nitrogen and oxygen atoms in total. The van der Waals surface area contributed by atoms with E-state index in [9.17, 15) is 4.79 Å². The molecule has 1 atom stereocenters. The molecule has 2 aromatic carbocycles. The number of aromatic nitrogens is 5. The predicted octanol–water partition coefficient (Wildman–Crippen LogP) is 4.77. The molecule has 1 aliphatic heterocycles. The summed E-state index contributed by atoms with van der Waals surface area (Å²) in [6.45, 7) is 8.53. The Morgan fingerprint density at radius 1 is 1.14 bits per heavy atom. The smallest absolute Gasteiger partial charge is 0.249 e. The van der Waals surface area contributed by atoms with Crippen LogP contribution in [0.4, 0.5) is 5.69 Å². The molecule has 1 unspecified atom stereocenters. The van der Waals surface area contributed by atoms with Crippen LogP contribution in [0.1, 0.15) is 44.4 Å². The van der Waals surface area contributed by atoms with Crippen molar-refractivity contribution >= 4 is 11.6 Å². The van der Waals surface area contributed by atoms with Crippen LogP contribution in [-0.2, 0) is 11.3 Å². The maximum absolute atomic E-state index is 13.5. The first-order valence-corrected chi connectivity index (χ1v) is 11.8. The largest absolute Gasteiger partial charge is 0.495 e. The van der Waals surface area contributed by atoms with Gasteiger partial charge in [-0.15, -0.1) is 5.10 Å². The Morgan fingerprint density at radius 3 is 2.69 bits per heavy atom. The molecule has 8 heteroatoms. The molecule has 1 amide bonds. The Labute approximate surface area is 205 Å². The minimum absolute atomic E-state index is 0.00536. The van der Waals surface area contributed by atoms with Gasteiger partial charge in [0, 0.05) is 23.0 Å². The molecule has 0 fully saturated rings. The van der Waals surface area contributed by atoms with Crippen molar-refractivity contribution in [2.24, 2.45) is 0 Å². The molecule has 0 bridgehead atoms. The number of aryl methyl sites for hydroxylation is 1. The summed E-state index contributed by atoms with van der Waals surface area (Å²) in [5.74, 6) is 1.09. The maximum Gasteiger partial charge on any atom is 0.249 e. The molecule has 35 heavy (non-hydrogen) atoms. The minimum Gasteiger partial charge on any atom is -0.495 e. The Morgan fingerprint density at radius 2 is 1.94 bits per heavy atom. The van der Waals surface area contributed by atoms with Gasteiger partial charge in [0.1, 0.15) is 18.0 Å². The molecule has 180 valence electrons.